The van der Waals surface area contributed by atoms with Crippen LogP contribution < -0.4 is 19.1 Å². The average molecular weight is 497 g/mol. The third kappa shape index (κ3) is 4.47. The van der Waals surface area contributed by atoms with Crippen LogP contribution in [0.4, 0.5) is 5.69 Å². The predicted octanol–water partition coefficient (Wildman–Crippen LogP) is 4.74. The van der Waals surface area contributed by atoms with Crippen molar-refractivity contribution in [1.29, 1.82) is 5.26 Å². The second-order valence-electron chi connectivity index (χ2n) is 8.93. The first kappa shape index (κ1) is 23.9. The van der Waals surface area contributed by atoms with Gasteiger partial charge in [0.15, 0.2) is 11.5 Å². The molecule has 0 saturated carbocycles. The topological polar surface area (TPSA) is 109 Å². The van der Waals surface area contributed by atoms with Crippen molar-refractivity contribution in [3.63, 3.8) is 0 Å². The zero-order valence-corrected chi connectivity index (χ0v) is 20.3. The largest absolute Gasteiger partial charge is 0.507 e. The first-order valence-corrected chi connectivity index (χ1v) is 11.8. The average Bonchev–Trinajstić information content (AvgIpc) is 3.18. The first-order chi connectivity index (χ1) is 17.9. The number of anilines is 1. The van der Waals surface area contributed by atoms with Gasteiger partial charge in [-0.15, -0.1) is 0 Å². The van der Waals surface area contributed by atoms with Gasteiger partial charge in [-0.25, -0.2) is 0 Å². The summed E-state index contributed by atoms with van der Waals surface area (Å²) in [5, 5.41) is 20.6. The van der Waals surface area contributed by atoms with Crippen LogP contribution in [0, 0.1) is 11.3 Å². The highest BCUT2D eigenvalue weighted by Crippen LogP contribution is 2.44. The zero-order chi connectivity index (χ0) is 26.1. The number of fused-ring (bicyclic) bond motifs is 1. The third-order valence-corrected chi connectivity index (χ3v) is 6.08. The van der Waals surface area contributed by atoms with E-state index < -0.39 is 17.7 Å². The number of ketones is 1. The summed E-state index contributed by atoms with van der Waals surface area (Å²) < 4.78 is 17.0. The van der Waals surface area contributed by atoms with Gasteiger partial charge >= 0.3 is 0 Å². The van der Waals surface area contributed by atoms with Gasteiger partial charge in [-0.2, -0.15) is 5.26 Å². The molecule has 0 aromatic heterocycles. The molecule has 8 nitrogen and oxygen atoms in total. The summed E-state index contributed by atoms with van der Waals surface area (Å²) in [4.78, 5) is 28.1. The van der Waals surface area contributed by atoms with Crippen molar-refractivity contribution in [1.82, 2.24) is 0 Å². The Balaban J connectivity index is 1.68. The lowest BCUT2D eigenvalue weighted by atomic mass is 9.94. The molecule has 5 rings (SSSR count). The van der Waals surface area contributed by atoms with Gasteiger partial charge in [0, 0.05) is 11.3 Å². The molecule has 8 heteroatoms. The van der Waals surface area contributed by atoms with Crippen molar-refractivity contribution >= 4 is 23.1 Å². The normalized spacial score (nSPS) is 18.1. The van der Waals surface area contributed by atoms with Crippen molar-refractivity contribution in [3.05, 3.63) is 89.0 Å². The Kier molecular flexibility index (Phi) is 6.28. The first-order valence-electron chi connectivity index (χ1n) is 11.8. The summed E-state index contributed by atoms with van der Waals surface area (Å²) in [6.07, 6.45) is -0.0853. The molecular formula is C29H24N2O6. The molecule has 0 radical (unpaired) electrons. The van der Waals surface area contributed by atoms with E-state index in [2.05, 4.69) is 0 Å². The second-order valence-corrected chi connectivity index (χ2v) is 8.93. The Hall–Kier alpha value is -4.77. The van der Waals surface area contributed by atoms with Crippen LogP contribution in [0.1, 0.15) is 36.6 Å². The fourth-order valence-electron chi connectivity index (χ4n) is 4.49. The number of aliphatic hydroxyl groups excluding tert-OH is 1. The zero-order valence-electron chi connectivity index (χ0n) is 20.3. The smallest absolute Gasteiger partial charge is 0.300 e. The summed E-state index contributed by atoms with van der Waals surface area (Å²) in [6.45, 7) is 4.58. The van der Waals surface area contributed by atoms with Crippen LogP contribution in [-0.2, 0) is 9.59 Å². The molecule has 1 fully saturated rings. The number of carbonyl (C=O) groups excluding carboxylic acids is 2. The monoisotopic (exact) mass is 496 g/mol. The number of nitriles is 1. The number of amides is 1. The Labute approximate surface area is 213 Å². The highest BCUT2D eigenvalue weighted by Gasteiger charge is 2.47. The minimum atomic E-state index is -0.933. The SMILES string of the molecule is CC(C)Oc1cccc(C2/C(=C(/O)c3ccc4c(c3)OCCO4)C(=O)C(=O)N2c2ccc(C#N)cc2)c1. The van der Waals surface area contributed by atoms with E-state index in [1.165, 1.54) is 4.90 Å². The lowest BCUT2D eigenvalue weighted by Crippen LogP contribution is -2.29. The molecule has 2 aliphatic rings. The molecular weight excluding hydrogens is 472 g/mol. The molecule has 1 atom stereocenters. The van der Waals surface area contributed by atoms with Crippen molar-refractivity contribution in [2.45, 2.75) is 26.0 Å². The van der Waals surface area contributed by atoms with E-state index in [0.29, 0.717) is 52.8 Å². The van der Waals surface area contributed by atoms with Gasteiger partial charge in [0.25, 0.3) is 11.7 Å². The van der Waals surface area contributed by atoms with E-state index in [-0.39, 0.29) is 17.4 Å². The molecule has 1 saturated heterocycles. The number of ether oxygens (including phenoxy) is 3. The van der Waals surface area contributed by atoms with Crippen LogP contribution in [0.2, 0.25) is 0 Å². The van der Waals surface area contributed by atoms with Gasteiger partial charge < -0.3 is 19.3 Å². The Morgan fingerprint density at radius 1 is 1.03 bits per heavy atom. The number of Topliss-reactive ketones (excluding diaryl/α,β-unsaturated/α-hetero) is 1. The van der Waals surface area contributed by atoms with Crippen LogP contribution in [0.15, 0.2) is 72.3 Å². The summed E-state index contributed by atoms with van der Waals surface area (Å²) >= 11 is 0. The fourth-order valence-corrected chi connectivity index (χ4v) is 4.49. The molecule has 2 heterocycles. The second kappa shape index (κ2) is 9.70. The van der Waals surface area contributed by atoms with Crippen LogP contribution in [0.3, 0.4) is 0 Å². The molecule has 1 N–H and O–H groups in total. The number of hydrogen-bond donors (Lipinski definition) is 1. The van der Waals surface area contributed by atoms with Crippen LogP contribution in [0.5, 0.6) is 17.2 Å². The van der Waals surface area contributed by atoms with E-state index in [1.807, 2.05) is 19.9 Å². The molecule has 2 aliphatic heterocycles. The van der Waals surface area contributed by atoms with Crippen LogP contribution in [-0.4, -0.2) is 36.1 Å². The number of benzene rings is 3. The van der Waals surface area contributed by atoms with Crippen LogP contribution in [0.25, 0.3) is 5.76 Å². The van der Waals surface area contributed by atoms with E-state index in [9.17, 15) is 20.0 Å². The Bertz CT molecular complexity index is 1450. The molecule has 0 aliphatic carbocycles. The van der Waals surface area contributed by atoms with Crippen molar-refractivity contribution in [2.24, 2.45) is 0 Å². The fraction of sp³-hybridized carbons (Fsp3) is 0.207. The number of carbonyl (C=O) groups is 2. The van der Waals surface area contributed by atoms with E-state index >= 15 is 0 Å². The number of nitrogens with zero attached hydrogens (tertiary/aromatic N) is 2. The Morgan fingerprint density at radius 2 is 1.76 bits per heavy atom. The molecule has 1 amide bonds. The van der Waals surface area contributed by atoms with E-state index in [0.717, 1.165) is 0 Å². The molecule has 0 spiro atoms. The highest BCUT2D eigenvalue weighted by atomic mass is 16.6. The standard InChI is InChI=1S/C29H24N2O6/c1-17(2)37-22-5-3-4-19(14-22)26-25(27(32)20-8-11-23-24(15-20)36-13-12-35-23)28(33)29(34)31(26)21-9-6-18(16-30)7-10-21/h3-11,14-15,17,26,32H,12-13H2,1-2H3/b27-25-. The maximum Gasteiger partial charge on any atom is 0.300 e. The molecule has 1 unspecified atom stereocenters. The Morgan fingerprint density at radius 3 is 2.46 bits per heavy atom. The lowest BCUT2D eigenvalue weighted by molar-refractivity contribution is -0.132. The maximum atomic E-state index is 13.4. The van der Waals surface area contributed by atoms with Crippen LogP contribution >= 0.6 is 0 Å². The molecule has 186 valence electrons. The lowest BCUT2D eigenvalue weighted by Gasteiger charge is -2.26. The van der Waals surface area contributed by atoms with Crippen molar-refractivity contribution in [2.75, 3.05) is 18.1 Å². The number of aliphatic hydroxyl groups is 1. The summed E-state index contributed by atoms with van der Waals surface area (Å²) in [7, 11) is 0. The number of rotatable bonds is 5. The van der Waals surface area contributed by atoms with Gasteiger partial charge in [-0.3, -0.25) is 14.5 Å². The van der Waals surface area contributed by atoms with Gasteiger partial charge in [-0.05, 0) is 74.0 Å². The van der Waals surface area contributed by atoms with E-state index in [4.69, 9.17) is 14.2 Å². The van der Waals surface area contributed by atoms with Crippen molar-refractivity contribution in [3.8, 4) is 23.3 Å². The highest BCUT2D eigenvalue weighted by molar-refractivity contribution is 6.51. The van der Waals surface area contributed by atoms with Crippen molar-refractivity contribution < 1.29 is 28.9 Å². The van der Waals surface area contributed by atoms with Gasteiger partial charge in [0.1, 0.15) is 24.7 Å². The van der Waals surface area contributed by atoms with Gasteiger partial charge in [-0.1, -0.05) is 12.1 Å². The minimum absolute atomic E-state index is 0.0623. The summed E-state index contributed by atoms with van der Waals surface area (Å²) in [5.74, 6) is -0.388. The van der Waals surface area contributed by atoms with E-state index in [1.54, 1.807) is 66.7 Å². The molecule has 37 heavy (non-hydrogen) atoms. The van der Waals surface area contributed by atoms with Gasteiger partial charge in [0.2, 0.25) is 0 Å². The third-order valence-electron chi connectivity index (χ3n) is 6.08. The molecule has 3 aromatic carbocycles. The minimum Gasteiger partial charge on any atom is -0.507 e. The van der Waals surface area contributed by atoms with Gasteiger partial charge in [0.05, 0.1) is 29.4 Å². The summed E-state index contributed by atoms with van der Waals surface area (Å²) in [6, 6.07) is 19.4. The quantitative estimate of drug-likeness (QED) is 0.309. The predicted molar refractivity (Wildman–Crippen MR) is 136 cm³/mol. The molecule has 3 aromatic rings. The summed E-state index contributed by atoms with van der Waals surface area (Å²) in [5.41, 5.74) is 1.68. The number of hydrogen-bond acceptors (Lipinski definition) is 7. The maximum absolute atomic E-state index is 13.4. The molecule has 0 bridgehead atoms.